The smallest absolute Gasteiger partial charge is 0.329 e. The van der Waals surface area contributed by atoms with E-state index in [9.17, 15) is 19.2 Å². The maximum absolute atomic E-state index is 13.0. The molecule has 0 unspecified atom stereocenters. The summed E-state index contributed by atoms with van der Waals surface area (Å²) in [6.45, 7) is 0.916. The molecule has 31 heavy (non-hydrogen) atoms. The van der Waals surface area contributed by atoms with Crippen LogP contribution in [0.15, 0.2) is 24.3 Å². The first-order valence-electron chi connectivity index (χ1n) is 10.0. The van der Waals surface area contributed by atoms with Gasteiger partial charge < -0.3 is 14.8 Å². The lowest BCUT2D eigenvalue weighted by Gasteiger charge is -2.28. The number of carbonyl (C=O) groups is 4. The molecule has 0 aromatic heterocycles. The van der Waals surface area contributed by atoms with Gasteiger partial charge in [-0.05, 0) is 37.3 Å². The van der Waals surface area contributed by atoms with Crippen molar-refractivity contribution in [2.75, 3.05) is 19.0 Å². The van der Waals surface area contributed by atoms with Crippen molar-refractivity contribution in [1.29, 1.82) is 0 Å². The molecule has 3 fully saturated rings. The van der Waals surface area contributed by atoms with E-state index in [0.717, 1.165) is 11.3 Å². The van der Waals surface area contributed by atoms with Gasteiger partial charge in [0.15, 0.2) is 6.61 Å². The van der Waals surface area contributed by atoms with Gasteiger partial charge in [-0.1, -0.05) is 44.0 Å². The number of amides is 3. The zero-order valence-corrected chi connectivity index (χ0v) is 20.1. The van der Waals surface area contributed by atoms with E-state index in [2.05, 4.69) is 37.2 Å². The molecule has 0 spiro atoms. The van der Waals surface area contributed by atoms with Crippen LogP contribution >= 0.6 is 31.9 Å². The summed E-state index contributed by atoms with van der Waals surface area (Å²) in [5.74, 6) is -2.20. The van der Waals surface area contributed by atoms with Gasteiger partial charge in [-0.25, -0.2) is 4.79 Å². The maximum Gasteiger partial charge on any atom is 0.329 e. The van der Waals surface area contributed by atoms with Crippen LogP contribution in [0.25, 0.3) is 0 Å². The van der Waals surface area contributed by atoms with E-state index >= 15 is 0 Å². The molecule has 2 bridgehead atoms. The molecule has 2 saturated carbocycles. The molecule has 0 radical (unpaired) electrons. The number of nitrogens with zero attached hydrogens (tertiary/aromatic N) is 1. The number of carbonyl (C=O) groups excluding carboxylic acids is 4. The Bertz CT molecular complexity index is 908. The zero-order valence-electron chi connectivity index (χ0n) is 16.9. The van der Waals surface area contributed by atoms with Gasteiger partial charge in [0.25, 0.3) is 5.91 Å². The van der Waals surface area contributed by atoms with Crippen molar-refractivity contribution < 1.29 is 28.7 Å². The monoisotopic (exact) mass is 556 g/mol. The third kappa shape index (κ3) is 3.67. The standard InChI is InChI=1S/C21H22Br2N2O6/c1-9(21(29)31-8-14(26)24-12-5-3-4-6-13(12)30-2)25-19(27)15-10-7-11(16(15)20(25)28)18(23)17(10)22/h3-6,9-11,15-18H,7-8H2,1-2H3,(H,24,26)/t9-,10+,11+,15-,16+,17-,18+/m0/s1. The number of fused-ring (bicyclic) bond motifs is 5. The van der Waals surface area contributed by atoms with Gasteiger partial charge in [0.1, 0.15) is 11.8 Å². The fraction of sp³-hybridized carbons (Fsp3) is 0.524. The fourth-order valence-corrected chi connectivity index (χ4v) is 6.92. The molecule has 8 nitrogen and oxygen atoms in total. The number of nitrogens with one attached hydrogen (secondary N) is 1. The van der Waals surface area contributed by atoms with Crippen molar-refractivity contribution in [3.63, 3.8) is 0 Å². The molecule has 1 aliphatic heterocycles. The van der Waals surface area contributed by atoms with Crippen LogP contribution in [-0.2, 0) is 23.9 Å². The molecule has 2 aliphatic carbocycles. The van der Waals surface area contributed by atoms with E-state index in [1.165, 1.54) is 14.0 Å². The van der Waals surface area contributed by atoms with Crippen molar-refractivity contribution in [3.05, 3.63) is 24.3 Å². The number of hydrogen-bond donors (Lipinski definition) is 1. The topological polar surface area (TPSA) is 102 Å². The number of anilines is 1. The Kier molecular flexibility index (Phi) is 6.13. The molecule has 7 atom stereocenters. The number of hydrogen-bond acceptors (Lipinski definition) is 6. The van der Waals surface area contributed by atoms with Crippen molar-refractivity contribution in [3.8, 4) is 5.75 Å². The molecule has 166 valence electrons. The predicted molar refractivity (Wildman–Crippen MR) is 118 cm³/mol. The first-order chi connectivity index (χ1) is 14.8. The number of methoxy groups -OCH3 is 1. The molecule has 1 N–H and O–H groups in total. The second kappa shape index (κ2) is 8.54. The van der Waals surface area contributed by atoms with Crippen LogP contribution in [0.5, 0.6) is 5.75 Å². The van der Waals surface area contributed by atoms with Crippen molar-refractivity contribution in [1.82, 2.24) is 4.90 Å². The molecular weight excluding hydrogens is 536 g/mol. The van der Waals surface area contributed by atoms with E-state index in [1.54, 1.807) is 24.3 Å². The average Bonchev–Trinajstić information content (AvgIpc) is 3.36. The highest BCUT2D eigenvalue weighted by Gasteiger charge is 2.67. The molecule has 1 aromatic rings. The highest BCUT2D eigenvalue weighted by Crippen LogP contribution is 2.60. The summed E-state index contributed by atoms with van der Waals surface area (Å²) in [5.41, 5.74) is 0.445. The molecule has 1 saturated heterocycles. The van der Waals surface area contributed by atoms with E-state index < -0.39 is 36.4 Å². The van der Waals surface area contributed by atoms with Crippen molar-refractivity contribution in [2.45, 2.75) is 29.0 Å². The SMILES string of the molecule is COc1ccccc1NC(=O)COC(=O)[C@H](C)N1C(=O)[C@@H]2[C@H]3C[C@@H]([C@H](Br)[C@@H]3Br)[C@@H]2C1=O. The number of benzene rings is 1. The Labute approximate surface area is 196 Å². The molecule has 3 aliphatic rings. The number of esters is 1. The summed E-state index contributed by atoms with van der Waals surface area (Å²) < 4.78 is 10.3. The quantitative estimate of drug-likeness (QED) is 0.327. The van der Waals surface area contributed by atoms with Crippen molar-refractivity contribution in [2.24, 2.45) is 23.7 Å². The summed E-state index contributed by atoms with van der Waals surface area (Å²) in [7, 11) is 1.48. The lowest BCUT2D eigenvalue weighted by molar-refractivity contribution is -0.159. The highest BCUT2D eigenvalue weighted by atomic mass is 79.9. The lowest BCUT2D eigenvalue weighted by atomic mass is 9.81. The van der Waals surface area contributed by atoms with Gasteiger partial charge in [0, 0.05) is 9.65 Å². The minimum atomic E-state index is -1.09. The minimum absolute atomic E-state index is 0.0654. The largest absolute Gasteiger partial charge is 0.495 e. The number of alkyl halides is 2. The number of ether oxygens (including phenoxy) is 2. The molecular formula is C21H22Br2N2O6. The van der Waals surface area contributed by atoms with Crippen molar-refractivity contribution >= 4 is 61.2 Å². The van der Waals surface area contributed by atoms with E-state index in [1.807, 2.05) is 0 Å². The first-order valence-corrected chi connectivity index (χ1v) is 11.8. The second-order valence-corrected chi connectivity index (χ2v) is 10.2. The Morgan fingerprint density at radius 3 is 2.29 bits per heavy atom. The van der Waals surface area contributed by atoms with Crippen LogP contribution in [0.4, 0.5) is 5.69 Å². The maximum atomic E-state index is 13.0. The number of rotatable bonds is 6. The van der Waals surface area contributed by atoms with Gasteiger partial charge in [0.2, 0.25) is 11.8 Å². The third-order valence-electron chi connectivity index (χ3n) is 6.48. The average molecular weight is 558 g/mol. The molecule has 1 aromatic carbocycles. The lowest BCUT2D eigenvalue weighted by Crippen LogP contribution is -2.45. The Balaban J connectivity index is 1.37. The fourth-order valence-electron chi connectivity index (χ4n) is 5.05. The molecule has 3 amide bonds. The van der Waals surface area contributed by atoms with Crippen LogP contribution in [0.3, 0.4) is 0 Å². The normalized spacial score (nSPS) is 32.1. The van der Waals surface area contributed by atoms with Crippen LogP contribution in [0, 0.1) is 23.7 Å². The van der Waals surface area contributed by atoms with Gasteiger partial charge in [-0.2, -0.15) is 0 Å². The predicted octanol–water partition coefficient (Wildman–Crippen LogP) is 2.34. The van der Waals surface area contributed by atoms with Gasteiger partial charge in [-0.3, -0.25) is 19.3 Å². The first kappa shape index (κ1) is 22.3. The third-order valence-corrected chi connectivity index (χ3v) is 9.68. The zero-order chi connectivity index (χ0) is 22.4. The van der Waals surface area contributed by atoms with Crippen LogP contribution in [-0.4, -0.2) is 58.0 Å². The Morgan fingerprint density at radius 2 is 1.71 bits per heavy atom. The molecule has 4 rings (SSSR count). The number of para-hydroxylation sites is 2. The van der Waals surface area contributed by atoms with E-state index in [4.69, 9.17) is 9.47 Å². The summed E-state index contributed by atoms with van der Waals surface area (Å²) in [4.78, 5) is 52.0. The summed E-state index contributed by atoms with van der Waals surface area (Å²) in [6, 6.07) is 5.75. The molecule has 10 heteroatoms. The summed E-state index contributed by atoms with van der Waals surface area (Å²) >= 11 is 7.27. The Morgan fingerprint density at radius 1 is 1.13 bits per heavy atom. The number of imide groups is 1. The minimum Gasteiger partial charge on any atom is -0.495 e. The van der Waals surface area contributed by atoms with Crippen LogP contribution in [0.2, 0.25) is 0 Å². The summed E-state index contributed by atoms with van der Waals surface area (Å²) in [5, 5.41) is 2.61. The van der Waals surface area contributed by atoms with Crippen LogP contribution < -0.4 is 10.1 Å². The van der Waals surface area contributed by atoms with E-state index in [-0.39, 0.29) is 33.3 Å². The number of likely N-dealkylation sites (tertiary alicyclic amines) is 1. The Hall–Kier alpha value is -1.94. The number of halogens is 2. The van der Waals surface area contributed by atoms with E-state index in [0.29, 0.717) is 11.4 Å². The van der Waals surface area contributed by atoms with Gasteiger partial charge in [0.05, 0.1) is 24.6 Å². The molecule has 1 heterocycles. The second-order valence-electron chi connectivity index (χ2n) is 8.08. The summed E-state index contributed by atoms with van der Waals surface area (Å²) in [6.07, 6.45) is 0.814. The van der Waals surface area contributed by atoms with Gasteiger partial charge >= 0.3 is 5.97 Å². The van der Waals surface area contributed by atoms with Gasteiger partial charge in [-0.15, -0.1) is 0 Å². The van der Waals surface area contributed by atoms with Crippen LogP contribution in [0.1, 0.15) is 13.3 Å². The highest BCUT2D eigenvalue weighted by molar-refractivity contribution is 9.12.